The van der Waals surface area contributed by atoms with Crippen molar-refractivity contribution in [2.45, 2.75) is 6.42 Å². The number of H-pyrrole nitrogens is 1. The largest absolute Gasteiger partial charge is 0.497 e. The molecule has 0 aliphatic heterocycles. The van der Waals surface area contributed by atoms with Crippen LogP contribution in [0.3, 0.4) is 0 Å². The minimum Gasteiger partial charge on any atom is -0.497 e. The fourth-order valence-corrected chi connectivity index (χ4v) is 2.10. The van der Waals surface area contributed by atoms with Crippen molar-refractivity contribution < 1.29 is 13.5 Å². The van der Waals surface area contributed by atoms with E-state index in [4.69, 9.17) is 4.74 Å². The van der Waals surface area contributed by atoms with Crippen molar-refractivity contribution in [1.29, 1.82) is 0 Å². The average Bonchev–Trinajstić information content (AvgIpc) is 2.84. The maximum absolute atomic E-state index is 13.2. The van der Waals surface area contributed by atoms with Crippen molar-refractivity contribution in [3.63, 3.8) is 0 Å². The molecule has 0 aliphatic rings. The van der Waals surface area contributed by atoms with E-state index < -0.39 is 11.6 Å². The number of hydrogen-bond acceptors (Lipinski definition) is 2. The summed E-state index contributed by atoms with van der Waals surface area (Å²) < 4.78 is 31.2. The highest BCUT2D eigenvalue weighted by atomic mass is 19.2. The topological polar surface area (TPSA) is 37.9 Å². The van der Waals surface area contributed by atoms with Crippen molar-refractivity contribution in [2.75, 3.05) is 7.11 Å². The second-order valence-electron chi connectivity index (χ2n) is 4.49. The first kappa shape index (κ1) is 12.6. The van der Waals surface area contributed by atoms with Gasteiger partial charge in [0.1, 0.15) is 11.6 Å². The summed E-state index contributed by atoms with van der Waals surface area (Å²) >= 11 is 0. The number of halogens is 2. The third-order valence-electron chi connectivity index (χ3n) is 3.09. The minimum atomic E-state index is -0.847. The highest BCUT2D eigenvalue weighted by Crippen LogP contribution is 2.20. The highest BCUT2D eigenvalue weighted by molar-refractivity contribution is 5.76. The van der Waals surface area contributed by atoms with Crippen molar-refractivity contribution in [3.8, 4) is 5.75 Å². The number of methoxy groups -OCH3 is 1. The van der Waals surface area contributed by atoms with Crippen LogP contribution in [0.15, 0.2) is 36.4 Å². The third kappa shape index (κ3) is 2.34. The molecule has 0 aliphatic carbocycles. The van der Waals surface area contributed by atoms with E-state index in [2.05, 4.69) is 9.97 Å². The predicted molar refractivity (Wildman–Crippen MR) is 71.8 cm³/mol. The predicted octanol–water partition coefficient (Wildman–Crippen LogP) is 3.44. The van der Waals surface area contributed by atoms with Crippen LogP contribution in [-0.4, -0.2) is 17.1 Å². The first-order valence-corrected chi connectivity index (χ1v) is 6.12. The number of nitrogens with zero attached hydrogens (tertiary/aromatic N) is 1. The molecular formula is C15H12F2N2O. The number of nitrogens with one attached hydrogen (secondary N) is 1. The quantitative estimate of drug-likeness (QED) is 0.794. The van der Waals surface area contributed by atoms with Gasteiger partial charge >= 0.3 is 0 Å². The Bertz CT molecular complexity index is 768. The molecule has 0 atom stereocenters. The molecule has 1 aromatic heterocycles. The van der Waals surface area contributed by atoms with Gasteiger partial charge in [-0.3, -0.25) is 0 Å². The molecule has 0 radical (unpaired) electrons. The molecule has 3 rings (SSSR count). The zero-order valence-corrected chi connectivity index (χ0v) is 10.8. The van der Waals surface area contributed by atoms with Crippen LogP contribution in [0.2, 0.25) is 0 Å². The van der Waals surface area contributed by atoms with Crippen LogP contribution >= 0.6 is 0 Å². The van der Waals surface area contributed by atoms with Crippen LogP contribution in [0.1, 0.15) is 11.4 Å². The van der Waals surface area contributed by atoms with Gasteiger partial charge in [-0.05, 0) is 29.8 Å². The summed E-state index contributed by atoms with van der Waals surface area (Å²) in [5, 5.41) is 0. The van der Waals surface area contributed by atoms with E-state index in [1.54, 1.807) is 13.2 Å². The van der Waals surface area contributed by atoms with E-state index in [9.17, 15) is 8.78 Å². The molecule has 0 amide bonds. The molecule has 0 saturated carbocycles. The Balaban J connectivity index is 1.92. The van der Waals surface area contributed by atoms with Crippen LogP contribution in [0.4, 0.5) is 8.78 Å². The first-order chi connectivity index (χ1) is 9.65. The second kappa shape index (κ2) is 4.92. The molecule has 1 heterocycles. The number of benzene rings is 2. The molecule has 5 heteroatoms. The van der Waals surface area contributed by atoms with Gasteiger partial charge in [0.25, 0.3) is 0 Å². The van der Waals surface area contributed by atoms with Crippen molar-refractivity contribution in [3.05, 3.63) is 59.4 Å². The lowest BCUT2D eigenvalue weighted by molar-refractivity contribution is 0.415. The molecule has 3 aromatic rings. The second-order valence-corrected chi connectivity index (χ2v) is 4.49. The van der Waals surface area contributed by atoms with Gasteiger partial charge in [-0.2, -0.15) is 0 Å². The lowest BCUT2D eigenvalue weighted by atomic mass is 10.1. The molecule has 0 unspecified atom stereocenters. The number of hydrogen-bond donors (Lipinski definition) is 1. The van der Waals surface area contributed by atoms with Gasteiger partial charge < -0.3 is 9.72 Å². The van der Waals surface area contributed by atoms with E-state index in [-0.39, 0.29) is 0 Å². The summed E-state index contributed by atoms with van der Waals surface area (Å²) in [4.78, 5) is 7.55. The minimum absolute atomic E-state index is 0.411. The number of fused-ring (bicyclic) bond motifs is 1. The Morgan fingerprint density at radius 2 is 1.95 bits per heavy atom. The molecule has 0 fully saturated rings. The molecule has 0 spiro atoms. The molecule has 0 saturated heterocycles. The van der Waals surface area contributed by atoms with Gasteiger partial charge in [0.2, 0.25) is 0 Å². The van der Waals surface area contributed by atoms with Crippen LogP contribution in [0, 0.1) is 11.6 Å². The standard InChI is InChI=1S/C15H12F2N2O/c1-20-10-3-5-13-14(8-10)19-15(18-13)7-9-2-4-11(16)12(17)6-9/h2-6,8H,7H2,1H3,(H,18,19). The number of aromatic nitrogens is 2. The summed E-state index contributed by atoms with van der Waals surface area (Å²) in [7, 11) is 1.60. The van der Waals surface area contributed by atoms with Crippen molar-refractivity contribution in [1.82, 2.24) is 9.97 Å². The fraction of sp³-hybridized carbons (Fsp3) is 0.133. The van der Waals surface area contributed by atoms with Gasteiger partial charge in [0, 0.05) is 12.5 Å². The zero-order valence-electron chi connectivity index (χ0n) is 10.8. The molecule has 3 nitrogen and oxygen atoms in total. The van der Waals surface area contributed by atoms with Crippen molar-refractivity contribution in [2.24, 2.45) is 0 Å². The Kier molecular flexibility index (Phi) is 3.10. The summed E-state index contributed by atoms with van der Waals surface area (Å²) in [6.45, 7) is 0. The normalized spacial score (nSPS) is 10.9. The van der Waals surface area contributed by atoms with Crippen LogP contribution in [0.25, 0.3) is 11.0 Å². The summed E-state index contributed by atoms with van der Waals surface area (Å²) in [5.74, 6) is -0.261. The molecule has 1 N–H and O–H groups in total. The maximum atomic E-state index is 13.2. The van der Waals surface area contributed by atoms with Gasteiger partial charge in [0.05, 0.1) is 18.1 Å². The average molecular weight is 274 g/mol. The third-order valence-corrected chi connectivity index (χ3v) is 3.09. The number of imidazole rings is 1. The summed E-state index contributed by atoms with van der Waals surface area (Å²) in [5.41, 5.74) is 2.32. The van der Waals surface area contributed by atoms with Crippen molar-refractivity contribution >= 4 is 11.0 Å². The molecular weight excluding hydrogens is 262 g/mol. The SMILES string of the molecule is COc1ccc2nc(Cc3ccc(F)c(F)c3)[nH]c2c1. The van der Waals surface area contributed by atoms with Crippen LogP contribution in [-0.2, 0) is 6.42 Å². The summed E-state index contributed by atoms with van der Waals surface area (Å²) in [6.07, 6.45) is 0.411. The Morgan fingerprint density at radius 3 is 2.70 bits per heavy atom. The lowest BCUT2D eigenvalue weighted by Gasteiger charge is -1.99. The van der Waals surface area contributed by atoms with E-state index in [0.717, 1.165) is 22.8 Å². The molecule has 102 valence electrons. The number of rotatable bonds is 3. The number of ether oxygens (including phenoxy) is 1. The Morgan fingerprint density at radius 1 is 1.10 bits per heavy atom. The molecule has 0 bridgehead atoms. The van der Waals surface area contributed by atoms with E-state index in [1.807, 2.05) is 18.2 Å². The van der Waals surface area contributed by atoms with E-state index >= 15 is 0 Å². The number of aromatic amines is 1. The first-order valence-electron chi connectivity index (χ1n) is 6.12. The summed E-state index contributed by atoms with van der Waals surface area (Å²) in [6, 6.07) is 9.37. The van der Waals surface area contributed by atoms with E-state index in [1.165, 1.54) is 6.07 Å². The Labute approximate surface area is 114 Å². The smallest absolute Gasteiger partial charge is 0.159 e. The fourth-order valence-electron chi connectivity index (χ4n) is 2.10. The van der Waals surface area contributed by atoms with Gasteiger partial charge in [-0.25, -0.2) is 13.8 Å². The molecule has 20 heavy (non-hydrogen) atoms. The Hall–Kier alpha value is -2.43. The lowest BCUT2D eigenvalue weighted by Crippen LogP contribution is -1.93. The monoisotopic (exact) mass is 274 g/mol. The highest BCUT2D eigenvalue weighted by Gasteiger charge is 2.07. The zero-order chi connectivity index (χ0) is 14.1. The van der Waals surface area contributed by atoms with Crippen LogP contribution in [0.5, 0.6) is 5.75 Å². The van der Waals surface area contributed by atoms with Gasteiger partial charge in [0.15, 0.2) is 11.6 Å². The van der Waals surface area contributed by atoms with Crippen LogP contribution < -0.4 is 4.74 Å². The maximum Gasteiger partial charge on any atom is 0.159 e. The van der Waals surface area contributed by atoms with Gasteiger partial charge in [-0.15, -0.1) is 0 Å². The molecule has 2 aromatic carbocycles. The van der Waals surface area contributed by atoms with Gasteiger partial charge in [-0.1, -0.05) is 6.07 Å². The van der Waals surface area contributed by atoms with E-state index in [0.29, 0.717) is 17.8 Å².